The summed E-state index contributed by atoms with van der Waals surface area (Å²) in [4.78, 5) is 32.1. The zero-order valence-electron chi connectivity index (χ0n) is 20.8. The molecule has 186 valence electrons. The Bertz CT molecular complexity index is 849. The van der Waals surface area contributed by atoms with Crippen LogP contribution in [0.1, 0.15) is 70.6 Å². The fourth-order valence-electron chi connectivity index (χ4n) is 7.92. The van der Waals surface area contributed by atoms with Crippen molar-refractivity contribution in [2.45, 2.75) is 101 Å². The van der Waals surface area contributed by atoms with Crippen LogP contribution in [0.5, 0.6) is 0 Å². The number of fused-ring (bicyclic) bond motifs is 4. The van der Waals surface area contributed by atoms with Gasteiger partial charge < -0.3 is 10.0 Å². The van der Waals surface area contributed by atoms with Gasteiger partial charge in [-0.1, -0.05) is 43.9 Å². The smallest absolute Gasteiger partial charge is 0.330 e. The van der Waals surface area contributed by atoms with Crippen LogP contribution in [0.4, 0.5) is 5.69 Å². The van der Waals surface area contributed by atoms with E-state index in [0.29, 0.717) is 18.1 Å². The molecule has 2 saturated carbocycles. The SMILES string of the molecule is CN(C)C(C(=O)O)C(=O)N(c1ccccc1)[C@H]1C[C@H]2CCC[C@@H](C1)N2[C@H]1C[C@@H]2CCC[C@@H](C2)C1. The summed E-state index contributed by atoms with van der Waals surface area (Å²) in [7, 11) is 3.36. The van der Waals surface area contributed by atoms with Crippen molar-refractivity contribution in [3.63, 3.8) is 0 Å². The zero-order chi connectivity index (χ0) is 23.8. The normalized spacial score (nSPS) is 34.4. The number of anilines is 1. The number of carbonyl (C=O) groups excluding carboxylic acids is 1. The highest BCUT2D eigenvalue weighted by Gasteiger charge is 2.47. The highest BCUT2D eigenvalue weighted by Crippen LogP contribution is 2.46. The lowest BCUT2D eigenvalue weighted by molar-refractivity contribution is -0.147. The predicted octanol–water partition coefficient (Wildman–Crippen LogP) is 4.39. The zero-order valence-corrected chi connectivity index (χ0v) is 20.8. The molecule has 1 aromatic carbocycles. The summed E-state index contributed by atoms with van der Waals surface area (Å²) < 4.78 is 0. The summed E-state index contributed by atoms with van der Waals surface area (Å²) in [6.45, 7) is 0. The lowest BCUT2D eigenvalue weighted by Gasteiger charge is -2.56. The van der Waals surface area contributed by atoms with Crippen molar-refractivity contribution in [3.8, 4) is 0 Å². The Labute approximate surface area is 204 Å². The Morgan fingerprint density at radius 1 is 0.853 bits per heavy atom. The van der Waals surface area contributed by atoms with E-state index in [0.717, 1.165) is 30.4 Å². The van der Waals surface area contributed by atoms with Gasteiger partial charge in [0.05, 0.1) is 0 Å². The highest BCUT2D eigenvalue weighted by atomic mass is 16.4. The minimum absolute atomic E-state index is 0.0475. The molecule has 2 heterocycles. The number of aliphatic carboxylic acids is 1. The number of carboxylic acids is 1. The third-order valence-electron chi connectivity index (χ3n) is 9.15. The van der Waals surface area contributed by atoms with Crippen molar-refractivity contribution in [3.05, 3.63) is 30.3 Å². The largest absolute Gasteiger partial charge is 0.480 e. The minimum Gasteiger partial charge on any atom is -0.480 e. The Hall–Kier alpha value is -1.92. The van der Waals surface area contributed by atoms with Gasteiger partial charge in [-0.3, -0.25) is 14.6 Å². The van der Waals surface area contributed by atoms with Crippen LogP contribution >= 0.6 is 0 Å². The molecule has 5 rings (SSSR count). The van der Waals surface area contributed by atoms with Crippen LogP contribution in [0.15, 0.2) is 30.3 Å². The van der Waals surface area contributed by atoms with Crippen LogP contribution in [0.3, 0.4) is 0 Å². The van der Waals surface area contributed by atoms with Crippen molar-refractivity contribution >= 4 is 17.6 Å². The van der Waals surface area contributed by atoms with Crippen LogP contribution in [0.25, 0.3) is 0 Å². The van der Waals surface area contributed by atoms with E-state index in [1.807, 2.05) is 35.2 Å². The molecule has 1 unspecified atom stereocenters. The van der Waals surface area contributed by atoms with E-state index in [4.69, 9.17) is 0 Å². The molecule has 1 N–H and O–H groups in total. The molecule has 2 saturated heterocycles. The molecule has 0 radical (unpaired) electrons. The van der Waals surface area contributed by atoms with Crippen molar-refractivity contribution in [1.82, 2.24) is 9.80 Å². The molecule has 6 heteroatoms. The first kappa shape index (κ1) is 23.8. The first-order valence-corrected chi connectivity index (χ1v) is 13.5. The van der Waals surface area contributed by atoms with E-state index < -0.39 is 12.0 Å². The Balaban J connectivity index is 1.41. The Morgan fingerprint density at radius 2 is 1.44 bits per heavy atom. The first-order valence-electron chi connectivity index (χ1n) is 13.5. The number of hydrogen-bond donors (Lipinski definition) is 1. The molecule has 2 aliphatic carbocycles. The average molecular weight is 468 g/mol. The number of piperidine rings is 2. The van der Waals surface area contributed by atoms with Gasteiger partial charge in [0.2, 0.25) is 0 Å². The molecule has 1 aromatic rings. The van der Waals surface area contributed by atoms with E-state index in [9.17, 15) is 14.7 Å². The van der Waals surface area contributed by atoms with Gasteiger partial charge in [0.25, 0.3) is 5.91 Å². The summed E-state index contributed by atoms with van der Waals surface area (Å²) in [6.07, 6.45) is 14.0. The Morgan fingerprint density at radius 3 is 2.00 bits per heavy atom. The third kappa shape index (κ3) is 4.64. The first-order chi connectivity index (χ1) is 16.4. The number of amides is 1. The van der Waals surface area contributed by atoms with Crippen molar-refractivity contribution < 1.29 is 14.7 Å². The van der Waals surface area contributed by atoms with E-state index in [1.165, 1.54) is 62.7 Å². The number of carbonyl (C=O) groups is 2. The number of para-hydroxylation sites is 1. The molecule has 2 aliphatic heterocycles. The number of nitrogens with zero attached hydrogens (tertiary/aromatic N) is 3. The second-order valence-electron chi connectivity index (χ2n) is 11.6. The fraction of sp³-hybridized carbons (Fsp3) is 0.714. The van der Waals surface area contributed by atoms with Gasteiger partial charge in [0.15, 0.2) is 6.04 Å². The van der Waals surface area contributed by atoms with E-state index in [2.05, 4.69) is 4.90 Å². The summed E-state index contributed by atoms with van der Waals surface area (Å²) >= 11 is 0. The maximum atomic E-state index is 13.8. The maximum Gasteiger partial charge on any atom is 0.330 e. The van der Waals surface area contributed by atoms with E-state index in [1.54, 1.807) is 14.1 Å². The topological polar surface area (TPSA) is 64.1 Å². The van der Waals surface area contributed by atoms with Gasteiger partial charge >= 0.3 is 5.97 Å². The number of carboxylic acid groups (broad SMARTS) is 1. The number of likely N-dealkylation sites (N-methyl/N-ethyl adjacent to an activating group) is 1. The van der Waals surface area contributed by atoms with Crippen molar-refractivity contribution in [1.29, 1.82) is 0 Å². The van der Waals surface area contributed by atoms with Gasteiger partial charge in [0, 0.05) is 29.9 Å². The molecule has 0 spiro atoms. The molecule has 6 nitrogen and oxygen atoms in total. The fourth-order valence-corrected chi connectivity index (χ4v) is 7.92. The summed E-state index contributed by atoms with van der Waals surface area (Å²) in [5.74, 6) is 0.430. The third-order valence-corrected chi connectivity index (χ3v) is 9.15. The van der Waals surface area contributed by atoms with Gasteiger partial charge in [-0.25, -0.2) is 4.79 Å². The van der Waals surface area contributed by atoms with Gasteiger partial charge in [-0.2, -0.15) is 0 Å². The lowest BCUT2D eigenvalue weighted by Crippen LogP contribution is -2.63. The second-order valence-corrected chi connectivity index (χ2v) is 11.6. The molecular formula is C28H41N3O3. The summed E-state index contributed by atoms with van der Waals surface area (Å²) in [5.41, 5.74) is 0.823. The highest BCUT2D eigenvalue weighted by molar-refractivity contribution is 6.09. The molecular weight excluding hydrogens is 426 g/mol. The van der Waals surface area contributed by atoms with Crippen LogP contribution in [0.2, 0.25) is 0 Å². The van der Waals surface area contributed by atoms with Crippen LogP contribution in [-0.2, 0) is 9.59 Å². The standard InChI is InChI=1S/C28H41N3O3/c1-29(2)26(28(33)34)27(32)31(21-10-4-3-5-11-21)25-17-22-12-7-13-23(18-25)30(22)24-15-19-8-6-9-20(14-19)16-24/h3-5,10-11,19-20,22-26H,6-9,12-18H2,1-2H3,(H,33,34)/t19-,20+,22-,23+,24+,25+,26?. The second kappa shape index (κ2) is 9.98. The number of benzene rings is 1. The number of rotatable bonds is 6. The monoisotopic (exact) mass is 467 g/mol. The molecule has 7 atom stereocenters. The average Bonchev–Trinajstić information content (AvgIpc) is 2.78. The predicted molar refractivity (Wildman–Crippen MR) is 134 cm³/mol. The molecule has 1 amide bonds. The molecule has 4 bridgehead atoms. The molecule has 4 fully saturated rings. The van der Waals surface area contributed by atoms with Crippen LogP contribution in [0, 0.1) is 11.8 Å². The van der Waals surface area contributed by atoms with Gasteiger partial charge in [-0.15, -0.1) is 0 Å². The number of hydrogen-bond acceptors (Lipinski definition) is 4. The quantitative estimate of drug-likeness (QED) is 0.629. The van der Waals surface area contributed by atoms with Crippen molar-refractivity contribution in [2.24, 2.45) is 11.8 Å². The van der Waals surface area contributed by atoms with Crippen molar-refractivity contribution in [2.75, 3.05) is 19.0 Å². The van der Waals surface area contributed by atoms with Crippen LogP contribution in [-0.4, -0.2) is 71.1 Å². The Kier molecular flexibility index (Phi) is 6.99. The summed E-state index contributed by atoms with van der Waals surface area (Å²) in [6, 6.07) is 10.3. The molecule has 0 aromatic heterocycles. The van der Waals surface area contributed by atoms with Crippen LogP contribution < -0.4 is 4.90 Å². The van der Waals surface area contributed by atoms with Gasteiger partial charge in [-0.05, 0) is 83.0 Å². The molecule has 34 heavy (non-hydrogen) atoms. The lowest BCUT2D eigenvalue weighted by atomic mass is 9.68. The maximum absolute atomic E-state index is 13.8. The van der Waals surface area contributed by atoms with E-state index in [-0.39, 0.29) is 11.9 Å². The van der Waals surface area contributed by atoms with Gasteiger partial charge in [0.1, 0.15) is 0 Å². The summed E-state index contributed by atoms with van der Waals surface area (Å²) in [5, 5.41) is 9.86. The molecule has 4 aliphatic rings. The van der Waals surface area contributed by atoms with E-state index >= 15 is 0 Å². The minimum atomic E-state index is -1.17.